The smallest absolute Gasteiger partial charge is 0.242 e. The summed E-state index contributed by atoms with van der Waals surface area (Å²) in [6.45, 7) is 0. The Hall–Kier alpha value is -1.64. The average molecular weight is 188 g/mol. The fraction of sp³-hybridized carbons (Fsp3) is 0.273. The molecule has 14 heavy (non-hydrogen) atoms. The van der Waals surface area contributed by atoms with E-state index in [4.69, 9.17) is 5.73 Å². The molecule has 3 heteroatoms. The zero-order chi connectivity index (χ0) is 9.97. The van der Waals surface area contributed by atoms with Gasteiger partial charge in [-0.15, -0.1) is 0 Å². The van der Waals surface area contributed by atoms with Crippen molar-refractivity contribution in [1.82, 2.24) is 0 Å². The molecular weight excluding hydrogens is 176 g/mol. The summed E-state index contributed by atoms with van der Waals surface area (Å²) in [7, 11) is 0. The van der Waals surface area contributed by atoms with Crippen LogP contribution in [-0.2, 0) is 4.79 Å². The summed E-state index contributed by atoms with van der Waals surface area (Å²) in [4.78, 5) is 15.2. The second kappa shape index (κ2) is 3.62. The van der Waals surface area contributed by atoms with Crippen molar-refractivity contribution in [2.75, 3.05) is 0 Å². The molecule has 0 radical (unpaired) electrons. The van der Waals surface area contributed by atoms with Crippen LogP contribution in [-0.4, -0.2) is 17.7 Å². The minimum atomic E-state index is -0.323. The third kappa shape index (κ3) is 1.66. The molecule has 1 aliphatic rings. The number of benzene rings is 1. The number of amides is 1. The van der Waals surface area contributed by atoms with Crippen molar-refractivity contribution in [3.63, 3.8) is 0 Å². The van der Waals surface area contributed by atoms with Crippen LogP contribution >= 0.6 is 0 Å². The van der Waals surface area contributed by atoms with Crippen LogP contribution in [0, 0.1) is 0 Å². The van der Waals surface area contributed by atoms with Crippen LogP contribution in [0.2, 0.25) is 0 Å². The standard InChI is InChI=1S/C11H12N2O/c12-11(14)10-7-6-9(13-10)8-4-2-1-3-5-8/h1-5,10H,6-7H2,(H2,12,14)/t10-/m0/s1. The summed E-state index contributed by atoms with van der Waals surface area (Å²) >= 11 is 0. The number of hydrogen-bond donors (Lipinski definition) is 1. The SMILES string of the molecule is NC(=O)[C@@H]1CCC(c2ccccc2)=N1. The van der Waals surface area contributed by atoms with E-state index in [0.717, 1.165) is 24.1 Å². The van der Waals surface area contributed by atoms with E-state index in [2.05, 4.69) is 4.99 Å². The van der Waals surface area contributed by atoms with Gasteiger partial charge in [-0.1, -0.05) is 30.3 Å². The van der Waals surface area contributed by atoms with E-state index in [-0.39, 0.29) is 11.9 Å². The lowest BCUT2D eigenvalue weighted by Gasteiger charge is -1.98. The monoisotopic (exact) mass is 188 g/mol. The second-order valence-electron chi connectivity index (χ2n) is 3.40. The quantitative estimate of drug-likeness (QED) is 0.743. The van der Waals surface area contributed by atoms with Crippen molar-refractivity contribution in [3.8, 4) is 0 Å². The van der Waals surface area contributed by atoms with E-state index < -0.39 is 0 Å². The number of nitrogens with zero attached hydrogens (tertiary/aromatic N) is 1. The normalized spacial score (nSPS) is 20.6. The Labute approximate surface area is 82.6 Å². The molecule has 72 valence electrons. The van der Waals surface area contributed by atoms with Crippen LogP contribution in [0.4, 0.5) is 0 Å². The largest absolute Gasteiger partial charge is 0.368 e. The van der Waals surface area contributed by atoms with Crippen LogP contribution in [0.3, 0.4) is 0 Å². The molecule has 0 unspecified atom stereocenters. The number of primary amides is 1. The molecule has 1 heterocycles. The minimum absolute atomic E-state index is 0.315. The molecule has 0 fully saturated rings. The molecule has 1 aromatic rings. The maximum absolute atomic E-state index is 10.9. The third-order valence-corrected chi connectivity index (χ3v) is 2.40. The molecule has 1 aliphatic heterocycles. The molecule has 0 aromatic heterocycles. The van der Waals surface area contributed by atoms with Gasteiger partial charge in [0.1, 0.15) is 6.04 Å². The summed E-state index contributed by atoms with van der Waals surface area (Å²) < 4.78 is 0. The van der Waals surface area contributed by atoms with Gasteiger partial charge in [0, 0.05) is 5.71 Å². The average Bonchev–Trinajstić information content (AvgIpc) is 2.68. The van der Waals surface area contributed by atoms with Crippen LogP contribution in [0.15, 0.2) is 35.3 Å². The van der Waals surface area contributed by atoms with Gasteiger partial charge in [-0.3, -0.25) is 9.79 Å². The van der Waals surface area contributed by atoms with Crippen molar-refractivity contribution in [2.45, 2.75) is 18.9 Å². The number of hydrogen-bond acceptors (Lipinski definition) is 2. The van der Waals surface area contributed by atoms with Gasteiger partial charge in [0.05, 0.1) is 0 Å². The van der Waals surface area contributed by atoms with Crippen molar-refractivity contribution < 1.29 is 4.79 Å². The molecule has 3 nitrogen and oxygen atoms in total. The van der Waals surface area contributed by atoms with Gasteiger partial charge in [0.15, 0.2) is 0 Å². The van der Waals surface area contributed by atoms with Crippen molar-refractivity contribution >= 4 is 11.6 Å². The van der Waals surface area contributed by atoms with Crippen LogP contribution < -0.4 is 5.73 Å². The zero-order valence-corrected chi connectivity index (χ0v) is 7.81. The summed E-state index contributed by atoms with van der Waals surface area (Å²) in [5.74, 6) is -0.323. The van der Waals surface area contributed by atoms with E-state index >= 15 is 0 Å². The van der Waals surface area contributed by atoms with Crippen LogP contribution in [0.25, 0.3) is 0 Å². The maximum atomic E-state index is 10.9. The molecule has 0 saturated heterocycles. The first-order valence-electron chi connectivity index (χ1n) is 4.69. The molecule has 1 atom stereocenters. The molecule has 0 saturated carbocycles. The summed E-state index contributed by atoms with van der Waals surface area (Å²) in [6, 6.07) is 9.59. The number of aliphatic imine (C=N–C) groups is 1. The number of carbonyl (C=O) groups is 1. The van der Waals surface area contributed by atoms with E-state index in [1.807, 2.05) is 30.3 Å². The molecule has 2 N–H and O–H groups in total. The predicted molar refractivity (Wildman–Crippen MR) is 55.2 cm³/mol. The van der Waals surface area contributed by atoms with Gasteiger partial charge in [0.25, 0.3) is 0 Å². The molecule has 1 aromatic carbocycles. The molecule has 0 aliphatic carbocycles. The number of nitrogens with two attached hydrogens (primary N) is 1. The first kappa shape index (κ1) is 8.94. The lowest BCUT2D eigenvalue weighted by molar-refractivity contribution is -0.119. The van der Waals surface area contributed by atoms with Crippen LogP contribution in [0.5, 0.6) is 0 Å². The van der Waals surface area contributed by atoms with Crippen molar-refractivity contribution in [3.05, 3.63) is 35.9 Å². The Balaban J connectivity index is 2.22. The molecule has 2 rings (SSSR count). The van der Waals surface area contributed by atoms with E-state index in [0.29, 0.717) is 0 Å². The fourth-order valence-corrected chi connectivity index (χ4v) is 1.65. The summed E-state index contributed by atoms with van der Waals surface area (Å²) in [6.07, 6.45) is 1.59. The van der Waals surface area contributed by atoms with Gasteiger partial charge in [-0.05, 0) is 18.4 Å². The maximum Gasteiger partial charge on any atom is 0.242 e. The highest BCUT2D eigenvalue weighted by Gasteiger charge is 2.22. The predicted octanol–water partition coefficient (Wildman–Crippen LogP) is 1.12. The van der Waals surface area contributed by atoms with Gasteiger partial charge < -0.3 is 5.73 Å². The Bertz CT molecular complexity index is 370. The van der Waals surface area contributed by atoms with Crippen LogP contribution in [0.1, 0.15) is 18.4 Å². The zero-order valence-electron chi connectivity index (χ0n) is 7.81. The van der Waals surface area contributed by atoms with Gasteiger partial charge in [-0.25, -0.2) is 0 Å². The van der Waals surface area contributed by atoms with Crippen molar-refractivity contribution in [2.24, 2.45) is 10.7 Å². The van der Waals surface area contributed by atoms with Crippen molar-refractivity contribution in [1.29, 1.82) is 0 Å². The van der Waals surface area contributed by atoms with E-state index in [9.17, 15) is 4.79 Å². The fourth-order valence-electron chi connectivity index (χ4n) is 1.65. The Morgan fingerprint density at radius 1 is 1.36 bits per heavy atom. The highest BCUT2D eigenvalue weighted by molar-refractivity contribution is 6.03. The third-order valence-electron chi connectivity index (χ3n) is 2.40. The first-order valence-corrected chi connectivity index (χ1v) is 4.69. The number of rotatable bonds is 2. The molecule has 0 spiro atoms. The van der Waals surface area contributed by atoms with Gasteiger partial charge in [-0.2, -0.15) is 0 Å². The van der Waals surface area contributed by atoms with E-state index in [1.54, 1.807) is 0 Å². The van der Waals surface area contributed by atoms with Gasteiger partial charge in [0.2, 0.25) is 5.91 Å². The highest BCUT2D eigenvalue weighted by atomic mass is 16.1. The minimum Gasteiger partial charge on any atom is -0.368 e. The lowest BCUT2D eigenvalue weighted by Crippen LogP contribution is -2.24. The molecule has 0 bridgehead atoms. The Morgan fingerprint density at radius 2 is 2.07 bits per heavy atom. The molecular formula is C11H12N2O. The number of carbonyl (C=O) groups excluding carboxylic acids is 1. The Morgan fingerprint density at radius 3 is 2.64 bits per heavy atom. The second-order valence-corrected chi connectivity index (χ2v) is 3.40. The lowest BCUT2D eigenvalue weighted by atomic mass is 10.1. The highest BCUT2D eigenvalue weighted by Crippen LogP contribution is 2.17. The molecule has 1 amide bonds. The first-order chi connectivity index (χ1) is 6.77. The topological polar surface area (TPSA) is 55.5 Å². The van der Waals surface area contributed by atoms with E-state index in [1.165, 1.54) is 0 Å². The summed E-state index contributed by atoms with van der Waals surface area (Å²) in [5, 5.41) is 0. The van der Waals surface area contributed by atoms with Gasteiger partial charge >= 0.3 is 0 Å². The summed E-state index contributed by atoms with van der Waals surface area (Å²) in [5.41, 5.74) is 7.28. The Kier molecular flexibility index (Phi) is 2.31.